The van der Waals surface area contributed by atoms with E-state index in [-0.39, 0.29) is 18.1 Å². The van der Waals surface area contributed by atoms with Gasteiger partial charge in [0.2, 0.25) is 5.95 Å². The third-order valence-corrected chi connectivity index (χ3v) is 4.63. The normalized spacial score (nSPS) is 12.4. The molecule has 32 heavy (non-hydrogen) atoms. The Bertz CT molecular complexity index is 1290. The molecule has 12 heteroatoms. The van der Waals surface area contributed by atoms with Crippen LogP contribution in [0.4, 0.5) is 23.5 Å². The maximum absolute atomic E-state index is 13.7. The highest BCUT2D eigenvalue weighted by atomic mass is 19.4. The van der Waals surface area contributed by atoms with Gasteiger partial charge in [-0.15, -0.1) is 0 Å². The highest BCUT2D eigenvalue weighted by Crippen LogP contribution is 2.29. The fourth-order valence-corrected chi connectivity index (χ4v) is 3.12. The number of fused-ring (bicyclic) bond motifs is 2. The van der Waals surface area contributed by atoms with Gasteiger partial charge in [0.25, 0.3) is 5.91 Å². The van der Waals surface area contributed by atoms with Crippen molar-refractivity contribution in [3.05, 3.63) is 42.5 Å². The van der Waals surface area contributed by atoms with Gasteiger partial charge in [0.1, 0.15) is 17.9 Å². The zero-order valence-electron chi connectivity index (χ0n) is 17.1. The quantitative estimate of drug-likeness (QED) is 0.390. The zero-order valence-corrected chi connectivity index (χ0v) is 17.1. The van der Waals surface area contributed by atoms with E-state index in [4.69, 9.17) is 0 Å². The average Bonchev–Trinajstić information content (AvgIpc) is 3.32. The summed E-state index contributed by atoms with van der Waals surface area (Å²) in [6, 6.07) is 3.51. The summed E-state index contributed by atoms with van der Waals surface area (Å²) in [5.41, 5.74) is 1.00. The summed E-state index contributed by atoms with van der Waals surface area (Å²) < 4.78 is 52.4. The Hall–Kier alpha value is -3.70. The second-order valence-electron chi connectivity index (χ2n) is 7.83. The maximum Gasteiger partial charge on any atom is 0.405 e. The van der Waals surface area contributed by atoms with E-state index in [0.29, 0.717) is 27.7 Å². The molecule has 0 aromatic carbocycles. The molecule has 0 fully saturated rings. The molecule has 4 rings (SSSR count). The van der Waals surface area contributed by atoms with Crippen LogP contribution in [0.1, 0.15) is 24.2 Å². The number of rotatable bonds is 6. The van der Waals surface area contributed by atoms with Crippen molar-refractivity contribution >= 4 is 28.4 Å². The molecule has 0 unspecified atom stereocenters. The molecule has 3 N–H and O–H groups in total. The molecule has 8 nitrogen and oxygen atoms in total. The molecule has 0 saturated heterocycles. The SMILES string of the molecule is CC(C)(F)CNC(=O)c1cnn2ccc(-c3c[nH]c4nc(NCC(F)(F)F)ncc34)cc12. The van der Waals surface area contributed by atoms with Crippen LogP contribution in [0.15, 0.2) is 36.9 Å². The first-order valence-corrected chi connectivity index (χ1v) is 9.60. The second-order valence-corrected chi connectivity index (χ2v) is 7.83. The fraction of sp³-hybridized carbons (Fsp3) is 0.300. The highest BCUT2D eigenvalue weighted by Gasteiger charge is 2.27. The summed E-state index contributed by atoms with van der Waals surface area (Å²) in [6.07, 6.45) is 1.75. The first kappa shape index (κ1) is 21.5. The Kier molecular flexibility index (Phi) is 5.23. The molecule has 1 amide bonds. The summed E-state index contributed by atoms with van der Waals surface area (Å²) >= 11 is 0. The molecule has 168 valence electrons. The number of aromatic nitrogens is 5. The topological polar surface area (TPSA) is 100 Å². The number of hydrogen-bond donors (Lipinski definition) is 3. The van der Waals surface area contributed by atoms with Crippen LogP contribution in [0, 0.1) is 0 Å². The molecule has 0 aliphatic rings. The smallest absolute Gasteiger partial charge is 0.349 e. The van der Waals surface area contributed by atoms with Crippen molar-refractivity contribution in [2.75, 3.05) is 18.4 Å². The van der Waals surface area contributed by atoms with E-state index in [1.807, 2.05) is 0 Å². The predicted octanol–water partition coefficient (Wildman–Crippen LogP) is 3.72. The van der Waals surface area contributed by atoms with Crippen LogP contribution < -0.4 is 10.6 Å². The van der Waals surface area contributed by atoms with Crippen LogP contribution in [0.3, 0.4) is 0 Å². The monoisotopic (exact) mass is 449 g/mol. The number of amides is 1. The Morgan fingerprint density at radius 3 is 2.69 bits per heavy atom. The summed E-state index contributed by atoms with van der Waals surface area (Å²) in [5.74, 6) is -0.602. The van der Waals surface area contributed by atoms with Crippen LogP contribution in [0.5, 0.6) is 0 Å². The van der Waals surface area contributed by atoms with Crippen molar-refractivity contribution < 1.29 is 22.4 Å². The van der Waals surface area contributed by atoms with Crippen LogP contribution >= 0.6 is 0 Å². The van der Waals surface area contributed by atoms with Gasteiger partial charge in [0.05, 0.1) is 23.8 Å². The number of aromatic amines is 1. The molecule has 0 aliphatic heterocycles. The maximum atomic E-state index is 13.7. The third kappa shape index (κ3) is 4.63. The van der Waals surface area contributed by atoms with Gasteiger partial charge in [-0.1, -0.05) is 0 Å². The number of nitrogens with zero attached hydrogens (tertiary/aromatic N) is 4. The zero-order chi connectivity index (χ0) is 23.1. The van der Waals surface area contributed by atoms with Crippen LogP contribution in [-0.4, -0.2) is 55.4 Å². The Morgan fingerprint density at radius 1 is 1.19 bits per heavy atom. The molecule has 4 aromatic heterocycles. The van der Waals surface area contributed by atoms with E-state index in [0.717, 1.165) is 0 Å². The van der Waals surface area contributed by atoms with Crippen molar-refractivity contribution in [2.45, 2.75) is 25.7 Å². The Balaban J connectivity index is 1.64. The minimum atomic E-state index is -4.39. The molecule has 0 radical (unpaired) electrons. The molecule has 0 aliphatic carbocycles. The first-order valence-electron chi connectivity index (χ1n) is 9.60. The predicted molar refractivity (Wildman–Crippen MR) is 110 cm³/mol. The lowest BCUT2D eigenvalue weighted by Gasteiger charge is -2.14. The van der Waals surface area contributed by atoms with Crippen LogP contribution in [-0.2, 0) is 0 Å². The average molecular weight is 449 g/mol. The third-order valence-electron chi connectivity index (χ3n) is 4.63. The van der Waals surface area contributed by atoms with Gasteiger partial charge >= 0.3 is 6.18 Å². The van der Waals surface area contributed by atoms with E-state index < -0.39 is 24.3 Å². The van der Waals surface area contributed by atoms with E-state index in [1.165, 1.54) is 30.8 Å². The summed E-state index contributed by atoms with van der Waals surface area (Å²) in [7, 11) is 0. The van der Waals surface area contributed by atoms with Gasteiger partial charge in [-0.25, -0.2) is 13.9 Å². The van der Waals surface area contributed by atoms with E-state index in [9.17, 15) is 22.4 Å². The van der Waals surface area contributed by atoms with Gasteiger partial charge in [0.15, 0.2) is 0 Å². The van der Waals surface area contributed by atoms with E-state index in [1.54, 1.807) is 24.5 Å². The van der Waals surface area contributed by atoms with Crippen LogP contribution in [0.2, 0.25) is 0 Å². The minimum Gasteiger partial charge on any atom is -0.349 e. The van der Waals surface area contributed by atoms with Gasteiger partial charge < -0.3 is 15.6 Å². The van der Waals surface area contributed by atoms with Gasteiger partial charge in [-0.05, 0) is 31.5 Å². The van der Waals surface area contributed by atoms with Gasteiger partial charge in [0, 0.05) is 29.5 Å². The first-order chi connectivity index (χ1) is 15.0. The van der Waals surface area contributed by atoms with Crippen molar-refractivity contribution in [1.29, 1.82) is 0 Å². The lowest BCUT2D eigenvalue weighted by molar-refractivity contribution is -0.115. The molecular weight excluding hydrogens is 430 g/mol. The number of halogens is 4. The Labute approximate surface area is 179 Å². The summed E-state index contributed by atoms with van der Waals surface area (Å²) in [5, 5.41) is 9.43. The number of carbonyl (C=O) groups is 1. The minimum absolute atomic E-state index is 0.145. The molecule has 4 heterocycles. The molecule has 0 atom stereocenters. The number of carbonyl (C=O) groups excluding carboxylic acids is 1. The summed E-state index contributed by atoms with van der Waals surface area (Å²) in [4.78, 5) is 23.5. The Morgan fingerprint density at radius 2 is 1.97 bits per heavy atom. The fourth-order valence-electron chi connectivity index (χ4n) is 3.12. The standard InChI is InChI=1S/C20H19F4N7O/c1-19(2,21)9-27-17(32)14-8-29-31-4-3-11(5-15(14)31)12-6-25-16-13(12)7-26-18(30-16)28-10-20(22,23)24/h3-8H,9-10H2,1-2H3,(H,27,32)(H2,25,26,28,30). The number of anilines is 1. The highest BCUT2D eigenvalue weighted by molar-refractivity contribution is 6.02. The number of H-pyrrole nitrogens is 1. The number of hydrogen-bond acceptors (Lipinski definition) is 5. The van der Waals surface area contributed by atoms with E-state index >= 15 is 0 Å². The van der Waals surface area contributed by atoms with Crippen molar-refractivity contribution in [1.82, 2.24) is 29.9 Å². The molecular formula is C20H19F4N7O. The lowest BCUT2D eigenvalue weighted by atomic mass is 10.1. The molecule has 0 bridgehead atoms. The van der Waals surface area contributed by atoms with Crippen LogP contribution in [0.25, 0.3) is 27.7 Å². The molecule has 0 saturated carbocycles. The van der Waals surface area contributed by atoms with E-state index in [2.05, 4.69) is 30.7 Å². The number of pyridine rings is 1. The summed E-state index contributed by atoms with van der Waals surface area (Å²) in [6.45, 7) is 1.34. The van der Waals surface area contributed by atoms with Crippen molar-refractivity contribution in [2.24, 2.45) is 0 Å². The van der Waals surface area contributed by atoms with Crippen molar-refractivity contribution in [3.63, 3.8) is 0 Å². The van der Waals surface area contributed by atoms with Gasteiger partial charge in [-0.2, -0.15) is 23.3 Å². The largest absolute Gasteiger partial charge is 0.405 e. The molecule has 4 aromatic rings. The number of alkyl halides is 4. The van der Waals surface area contributed by atoms with Crippen molar-refractivity contribution in [3.8, 4) is 11.1 Å². The molecule has 0 spiro atoms. The second kappa shape index (κ2) is 7.77. The number of nitrogens with one attached hydrogen (secondary N) is 3. The lowest BCUT2D eigenvalue weighted by Crippen LogP contribution is -2.35. The van der Waals surface area contributed by atoms with Gasteiger partial charge in [-0.3, -0.25) is 4.79 Å².